The predicted octanol–water partition coefficient (Wildman–Crippen LogP) is 2.72. The first-order valence-corrected chi connectivity index (χ1v) is 12.6. The van der Waals surface area contributed by atoms with Gasteiger partial charge in [-0.3, -0.25) is 4.79 Å². The second-order valence-corrected chi connectivity index (χ2v) is 9.80. The number of aromatic nitrogens is 1. The van der Waals surface area contributed by atoms with Crippen LogP contribution in [0.3, 0.4) is 0 Å². The summed E-state index contributed by atoms with van der Waals surface area (Å²) in [5.74, 6) is 0.541. The molecule has 0 aromatic carbocycles. The van der Waals surface area contributed by atoms with Crippen LogP contribution in [-0.2, 0) is 20.7 Å². The van der Waals surface area contributed by atoms with Gasteiger partial charge in [0.25, 0.3) is 5.91 Å². The average molecular weight is 488 g/mol. The van der Waals surface area contributed by atoms with E-state index in [2.05, 4.69) is 33.3 Å². The lowest BCUT2D eigenvalue weighted by Gasteiger charge is -2.33. The van der Waals surface area contributed by atoms with E-state index >= 15 is 0 Å². The molecule has 184 valence electrons. The van der Waals surface area contributed by atoms with E-state index in [1.807, 2.05) is 11.0 Å². The largest absolute Gasteiger partial charge is 0.453 e. The lowest BCUT2D eigenvalue weighted by Crippen LogP contribution is -2.50. The Bertz CT molecular complexity index is 986. The molecule has 0 bridgehead atoms. The van der Waals surface area contributed by atoms with Gasteiger partial charge in [-0.1, -0.05) is 0 Å². The van der Waals surface area contributed by atoms with Gasteiger partial charge in [-0.15, -0.1) is 11.3 Å². The molecule has 2 fully saturated rings. The molecule has 1 saturated carbocycles. The number of nitrogens with zero attached hydrogens (tertiary/aromatic N) is 2. The summed E-state index contributed by atoms with van der Waals surface area (Å²) in [6.07, 6.45) is 4.53. The summed E-state index contributed by atoms with van der Waals surface area (Å²) in [6, 6.07) is 6.18. The van der Waals surface area contributed by atoms with Crippen molar-refractivity contribution in [2.24, 2.45) is 0 Å². The van der Waals surface area contributed by atoms with Gasteiger partial charge in [-0.25, -0.2) is 9.78 Å². The third-order valence-electron chi connectivity index (χ3n) is 6.18. The number of carbonyl (C=O) groups is 2. The molecule has 4 N–H and O–H groups in total. The molecular formula is C24H33N5O4S. The lowest BCUT2D eigenvalue weighted by molar-refractivity contribution is -0.148. The van der Waals surface area contributed by atoms with Crippen LogP contribution in [0.5, 0.6) is 0 Å². The van der Waals surface area contributed by atoms with Gasteiger partial charge in [0.05, 0.1) is 19.8 Å². The van der Waals surface area contributed by atoms with Crippen molar-refractivity contribution in [1.29, 1.82) is 0 Å². The summed E-state index contributed by atoms with van der Waals surface area (Å²) in [6.45, 7) is 4.51. The maximum absolute atomic E-state index is 13.4. The first-order chi connectivity index (χ1) is 16.5. The third kappa shape index (κ3) is 5.86. The van der Waals surface area contributed by atoms with Gasteiger partial charge in [0, 0.05) is 47.2 Å². The summed E-state index contributed by atoms with van der Waals surface area (Å²) in [5.41, 5.74) is 7.97. The zero-order valence-corrected chi connectivity index (χ0v) is 20.5. The number of aryl methyl sites for hydroxylation is 1. The molecule has 34 heavy (non-hydrogen) atoms. The maximum Gasteiger partial charge on any atom is 0.406 e. The van der Waals surface area contributed by atoms with Crippen LogP contribution in [0.25, 0.3) is 10.4 Å². The summed E-state index contributed by atoms with van der Waals surface area (Å²) in [5, 5.41) is 6.00. The number of hydrogen-bond donors (Lipinski definition) is 3. The smallest absolute Gasteiger partial charge is 0.406 e. The zero-order valence-electron chi connectivity index (χ0n) is 19.7. The number of morpholine rings is 1. The number of thiophene rings is 1. The predicted molar refractivity (Wildman–Crippen MR) is 132 cm³/mol. The average Bonchev–Trinajstić information content (AvgIpc) is 3.60. The van der Waals surface area contributed by atoms with Crippen molar-refractivity contribution in [2.75, 3.05) is 39.1 Å². The van der Waals surface area contributed by atoms with Gasteiger partial charge in [-0.2, -0.15) is 0 Å². The van der Waals surface area contributed by atoms with Crippen molar-refractivity contribution < 1.29 is 19.1 Å². The lowest BCUT2D eigenvalue weighted by atomic mass is 10.0. The van der Waals surface area contributed by atoms with Gasteiger partial charge in [-0.05, 0) is 56.4 Å². The summed E-state index contributed by atoms with van der Waals surface area (Å²) >= 11 is 1.69. The molecule has 2 aliphatic rings. The standard InChI is InChI=1S/C24H33N5O4S/c1-15(29(18-6-7-18)23(30)19-14-26-10-11-33-19)20-12-16(4-3-9-27-24(31)32-2)22(34-20)17-5-8-21(25)28-13-17/h5,8,12-13,15,18-19,26H,3-4,6-7,9-11,14H2,1-2H3,(H2,25,28)(H,27,31)/t15?,19-/m1/s1. The molecule has 0 radical (unpaired) electrons. The Hall–Kier alpha value is -2.69. The first-order valence-electron chi connectivity index (χ1n) is 11.8. The van der Waals surface area contributed by atoms with Crippen LogP contribution < -0.4 is 16.4 Å². The quantitative estimate of drug-likeness (QED) is 0.465. The van der Waals surface area contributed by atoms with Gasteiger partial charge in [0.1, 0.15) is 11.9 Å². The van der Waals surface area contributed by atoms with Crippen LogP contribution in [-0.4, -0.2) is 67.4 Å². The second-order valence-electron chi connectivity index (χ2n) is 8.71. The molecule has 4 rings (SSSR count). The molecular weight excluding hydrogens is 454 g/mol. The zero-order chi connectivity index (χ0) is 24.1. The van der Waals surface area contributed by atoms with Gasteiger partial charge in [0.2, 0.25) is 0 Å². The van der Waals surface area contributed by atoms with Gasteiger partial charge >= 0.3 is 6.09 Å². The molecule has 9 nitrogen and oxygen atoms in total. The molecule has 1 aliphatic heterocycles. The number of nitrogens with one attached hydrogen (secondary N) is 2. The van der Waals surface area contributed by atoms with Crippen LogP contribution in [0, 0.1) is 0 Å². The molecule has 1 aliphatic carbocycles. The highest BCUT2D eigenvalue weighted by Crippen LogP contribution is 2.41. The Labute approximate surface area is 204 Å². The van der Waals surface area contributed by atoms with Crippen molar-refractivity contribution in [3.05, 3.63) is 34.8 Å². The number of hydrogen-bond acceptors (Lipinski definition) is 8. The van der Waals surface area contributed by atoms with Crippen molar-refractivity contribution in [3.63, 3.8) is 0 Å². The fourth-order valence-electron chi connectivity index (χ4n) is 4.23. The fraction of sp³-hybridized carbons (Fsp3) is 0.542. The Morgan fingerprint density at radius 2 is 2.24 bits per heavy atom. The van der Waals surface area contributed by atoms with E-state index in [0.29, 0.717) is 25.5 Å². The number of amides is 2. The summed E-state index contributed by atoms with van der Waals surface area (Å²) < 4.78 is 10.4. The van der Waals surface area contributed by atoms with Crippen LogP contribution >= 0.6 is 11.3 Å². The minimum atomic E-state index is -0.430. The van der Waals surface area contributed by atoms with Crippen LogP contribution in [0.2, 0.25) is 0 Å². The van der Waals surface area contributed by atoms with Crippen molar-refractivity contribution in [2.45, 2.75) is 50.8 Å². The first kappa shape index (κ1) is 24.4. The number of nitrogens with two attached hydrogens (primary N) is 1. The number of carbonyl (C=O) groups excluding carboxylic acids is 2. The SMILES string of the molecule is COC(=O)NCCCc1cc(C(C)N(C(=O)[C@H]2CNCCO2)C2CC2)sc1-c1ccc(N)nc1. The Kier molecular flexibility index (Phi) is 8.02. The van der Waals surface area contributed by atoms with Gasteiger partial charge in [0.15, 0.2) is 0 Å². The Morgan fingerprint density at radius 1 is 1.41 bits per heavy atom. The van der Waals surface area contributed by atoms with E-state index < -0.39 is 12.2 Å². The van der Waals surface area contributed by atoms with E-state index in [9.17, 15) is 9.59 Å². The van der Waals surface area contributed by atoms with E-state index in [1.165, 1.54) is 12.7 Å². The monoisotopic (exact) mass is 487 g/mol. The third-order valence-corrected chi connectivity index (χ3v) is 7.58. The highest BCUT2D eigenvalue weighted by atomic mass is 32.1. The minimum Gasteiger partial charge on any atom is -0.453 e. The maximum atomic E-state index is 13.4. The Morgan fingerprint density at radius 3 is 2.88 bits per heavy atom. The van der Waals surface area contributed by atoms with E-state index in [-0.39, 0.29) is 18.0 Å². The number of nitrogen functional groups attached to an aromatic ring is 1. The molecule has 2 atom stereocenters. The Balaban J connectivity index is 1.56. The van der Waals surface area contributed by atoms with Crippen LogP contribution in [0.1, 0.15) is 42.7 Å². The van der Waals surface area contributed by atoms with Crippen molar-refractivity contribution in [3.8, 4) is 10.4 Å². The number of rotatable bonds is 9. The van der Waals surface area contributed by atoms with Crippen molar-refractivity contribution >= 4 is 29.2 Å². The molecule has 10 heteroatoms. The van der Waals surface area contributed by atoms with E-state index in [4.69, 9.17) is 10.5 Å². The molecule has 3 heterocycles. The fourth-order valence-corrected chi connectivity index (χ4v) is 5.49. The van der Waals surface area contributed by atoms with Crippen molar-refractivity contribution in [1.82, 2.24) is 20.5 Å². The summed E-state index contributed by atoms with van der Waals surface area (Å²) in [4.78, 5) is 33.3. The van der Waals surface area contributed by atoms with E-state index in [1.54, 1.807) is 23.6 Å². The molecule has 2 amide bonds. The van der Waals surface area contributed by atoms with Gasteiger partial charge < -0.3 is 30.7 Å². The number of anilines is 1. The number of methoxy groups -OCH3 is 1. The molecule has 2 aromatic heterocycles. The minimum absolute atomic E-state index is 0.0574. The topological polar surface area (TPSA) is 119 Å². The summed E-state index contributed by atoms with van der Waals surface area (Å²) in [7, 11) is 1.36. The molecule has 2 aromatic rings. The normalized spacial score (nSPS) is 18.8. The molecule has 0 spiro atoms. The number of ether oxygens (including phenoxy) is 2. The highest BCUT2D eigenvalue weighted by Gasteiger charge is 2.40. The highest BCUT2D eigenvalue weighted by molar-refractivity contribution is 7.15. The molecule has 1 saturated heterocycles. The second kappa shape index (κ2) is 11.2. The molecule has 1 unspecified atom stereocenters. The number of pyridine rings is 1. The number of alkyl carbamates (subject to hydrolysis) is 1. The van der Waals surface area contributed by atoms with Crippen LogP contribution in [0.4, 0.5) is 10.6 Å². The van der Waals surface area contributed by atoms with Crippen LogP contribution in [0.15, 0.2) is 24.4 Å². The van der Waals surface area contributed by atoms with E-state index in [0.717, 1.165) is 47.5 Å².